The number of guanidine groups is 1. The number of para-hydroxylation sites is 1. The van der Waals surface area contributed by atoms with Crippen molar-refractivity contribution in [3.8, 4) is 0 Å². The molecule has 120 valence electrons. The lowest BCUT2D eigenvalue weighted by molar-refractivity contribution is 0.185. The Morgan fingerprint density at radius 1 is 1.41 bits per heavy atom. The van der Waals surface area contributed by atoms with Crippen molar-refractivity contribution in [1.82, 2.24) is 9.55 Å². The van der Waals surface area contributed by atoms with Gasteiger partial charge in [0.15, 0.2) is 5.96 Å². The lowest BCUT2D eigenvalue weighted by atomic mass is 10.2. The number of rotatable bonds is 7. The molecule has 0 aliphatic heterocycles. The first-order chi connectivity index (χ1) is 10.3. The third kappa shape index (κ3) is 6.02. The fraction of sp³-hybridized carbons (Fsp3) is 0.333. The lowest BCUT2D eigenvalue weighted by Gasteiger charge is -2.10. The van der Waals surface area contributed by atoms with Crippen LogP contribution in [0.1, 0.15) is 12.0 Å². The van der Waals surface area contributed by atoms with Crippen molar-refractivity contribution in [3.63, 3.8) is 0 Å². The molecule has 1 heterocycles. The third-order valence-corrected chi connectivity index (χ3v) is 3.00. The predicted octanol–water partition coefficient (Wildman–Crippen LogP) is 2.46. The van der Waals surface area contributed by atoms with Crippen molar-refractivity contribution in [2.24, 2.45) is 10.7 Å². The number of nitrogens with two attached hydrogens (primary N) is 1. The van der Waals surface area contributed by atoms with Crippen molar-refractivity contribution in [2.75, 3.05) is 19.0 Å². The summed E-state index contributed by atoms with van der Waals surface area (Å²) in [6.07, 6.45) is 6.42. The first-order valence-corrected chi connectivity index (χ1v) is 6.89. The summed E-state index contributed by atoms with van der Waals surface area (Å²) in [5.41, 5.74) is 7.89. The SMILES string of the molecule is COCc1ccccc1NC(N)=NCCCn1ccnc1.I. The molecule has 0 bridgehead atoms. The maximum absolute atomic E-state index is 5.91. The number of ether oxygens (including phenoxy) is 1. The van der Waals surface area contributed by atoms with E-state index in [9.17, 15) is 0 Å². The minimum absolute atomic E-state index is 0. The van der Waals surface area contributed by atoms with E-state index in [1.165, 1.54) is 0 Å². The molecule has 0 fully saturated rings. The molecule has 0 radical (unpaired) electrons. The Bertz CT molecular complexity index is 571. The first kappa shape index (κ1) is 18.4. The second kappa shape index (κ2) is 10.2. The topological polar surface area (TPSA) is 77.5 Å². The molecule has 0 amide bonds. The highest BCUT2D eigenvalue weighted by Crippen LogP contribution is 2.15. The van der Waals surface area contributed by atoms with Gasteiger partial charge in [-0.25, -0.2) is 4.98 Å². The summed E-state index contributed by atoms with van der Waals surface area (Å²) in [6, 6.07) is 7.88. The molecule has 3 N–H and O–H groups in total. The zero-order valence-electron chi connectivity index (χ0n) is 12.6. The highest BCUT2D eigenvalue weighted by atomic mass is 127. The van der Waals surface area contributed by atoms with Crippen molar-refractivity contribution >= 4 is 35.6 Å². The molecular weight excluding hydrogens is 393 g/mol. The van der Waals surface area contributed by atoms with Crippen molar-refractivity contribution < 1.29 is 4.74 Å². The van der Waals surface area contributed by atoms with E-state index in [4.69, 9.17) is 10.5 Å². The highest BCUT2D eigenvalue weighted by Gasteiger charge is 2.02. The van der Waals surface area contributed by atoms with E-state index < -0.39 is 0 Å². The Labute approximate surface area is 147 Å². The zero-order valence-corrected chi connectivity index (χ0v) is 14.9. The molecule has 0 spiro atoms. The number of methoxy groups -OCH3 is 1. The molecule has 0 atom stereocenters. The number of benzene rings is 1. The summed E-state index contributed by atoms with van der Waals surface area (Å²) in [6.45, 7) is 2.09. The number of hydrogen-bond donors (Lipinski definition) is 2. The summed E-state index contributed by atoms with van der Waals surface area (Å²) in [5, 5.41) is 3.12. The molecule has 0 aliphatic carbocycles. The summed E-state index contributed by atoms with van der Waals surface area (Å²) in [5.74, 6) is 0.421. The monoisotopic (exact) mass is 415 g/mol. The number of aryl methyl sites for hydroxylation is 1. The van der Waals surface area contributed by atoms with Gasteiger partial charge >= 0.3 is 0 Å². The Morgan fingerprint density at radius 2 is 2.23 bits per heavy atom. The Kier molecular flexibility index (Phi) is 8.53. The van der Waals surface area contributed by atoms with Crippen LogP contribution in [-0.4, -0.2) is 29.2 Å². The maximum Gasteiger partial charge on any atom is 0.193 e. The largest absolute Gasteiger partial charge is 0.380 e. The third-order valence-electron chi connectivity index (χ3n) is 3.00. The van der Waals surface area contributed by atoms with E-state index >= 15 is 0 Å². The van der Waals surface area contributed by atoms with Gasteiger partial charge in [-0.2, -0.15) is 0 Å². The van der Waals surface area contributed by atoms with Crippen LogP contribution >= 0.6 is 24.0 Å². The zero-order chi connectivity index (χ0) is 14.9. The Morgan fingerprint density at radius 3 is 2.95 bits per heavy atom. The van der Waals surface area contributed by atoms with Crippen molar-refractivity contribution in [2.45, 2.75) is 19.6 Å². The van der Waals surface area contributed by atoms with Gasteiger partial charge in [0.2, 0.25) is 0 Å². The van der Waals surface area contributed by atoms with Crippen LogP contribution in [0, 0.1) is 0 Å². The van der Waals surface area contributed by atoms with Gasteiger partial charge in [0.25, 0.3) is 0 Å². The second-order valence-electron chi connectivity index (χ2n) is 4.64. The number of aliphatic imine (C=N–C) groups is 1. The van der Waals surface area contributed by atoms with Gasteiger partial charge in [-0.05, 0) is 12.5 Å². The van der Waals surface area contributed by atoms with Gasteiger partial charge < -0.3 is 20.4 Å². The van der Waals surface area contributed by atoms with Gasteiger partial charge in [-0.15, -0.1) is 24.0 Å². The molecule has 0 saturated heterocycles. The van der Waals surface area contributed by atoms with Crippen LogP contribution in [0.4, 0.5) is 5.69 Å². The van der Waals surface area contributed by atoms with Gasteiger partial charge in [0.05, 0.1) is 12.9 Å². The number of imidazole rings is 1. The quantitative estimate of drug-likeness (QED) is 0.315. The molecule has 6 nitrogen and oxygen atoms in total. The number of nitrogens with zero attached hydrogens (tertiary/aromatic N) is 3. The molecule has 2 aromatic rings. The fourth-order valence-corrected chi connectivity index (χ4v) is 1.97. The van der Waals surface area contributed by atoms with E-state index in [0.29, 0.717) is 19.1 Å². The predicted molar refractivity (Wildman–Crippen MR) is 99.5 cm³/mol. The number of aromatic nitrogens is 2. The Balaban J connectivity index is 0.00000242. The number of anilines is 1. The first-order valence-electron chi connectivity index (χ1n) is 6.89. The van der Waals surface area contributed by atoms with Crippen molar-refractivity contribution in [3.05, 3.63) is 48.5 Å². The van der Waals surface area contributed by atoms with Gasteiger partial charge in [-0.3, -0.25) is 4.99 Å². The Hall–Kier alpha value is -1.61. The van der Waals surface area contributed by atoms with E-state index in [-0.39, 0.29) is 24.0 Å². The minimum atomic E-state index is 0. The number of nitrogens with one attached hydrogen (secondary N) is 1. The average molecular weight is 415 g/mol. The van der Waals surface area contributed by atoms with Crippen LogP contribution in [-0.2, 0) is 17.9 Å². The fourth-order valence-electron chi connectivity index (χ4n) is 1.97. The van der Waals surface area contributed by atoms with Crippen LogP contribution in [0.15, 0.2) is 48.0 Å². The van der Waals surface area contributed by atoms with Crippen LogP contribution in [0.25, 0.3) is 0 Å². The van der Waals surface area contributed by atoms with E-state index in [0.717, 1.165) is 24.2 Å². The maximum atomic E-state index is 5.91. The number of hydrogen-bond acceptors (Lipinski definition) is 3. The molecule has 1 aromatic carbocycles. The molecule has 0 unspecified atom stereocenters. The summed E-state index contributed by atoms with van der Waals surface area (Å²) in [7, 11) is 1.67. The molecule has 2 rings (SSSR count). The molecule has 1 aromatic heterocycles. The van der Waals surface area contributed by atoms with Crippen LogP contribution in [0.2, 0.25) is 0 Å². The van der Waals surface area contributed by atoms with Gasteiger partial charge in [-0.1, -0.05) is 18.2 Å². The molecule has 0 aliphatic rings. The van der Waals surface area contributed by atoms with Crippen LogP contribution in [0.5, 0.6) is 0 Å². The van der Waals surface area contributed by atoms with E-state index in [1.807, 2.05) is 35.0 Å². The molecule has 22 heavy (non-hydrogen) atoms. The number of halogens is 1. The standard InChI is InChI=1S/C15H21N5O.HI/c1-21-11-13-5-2-3-6-14(13)19-15(16)18-7-4-9-20-10-8-17-12-20;/h2-3,5-6,8,10,12H,4,7,9,11H2,1H3,(H3,16,18,19);1H. The molecular formula is C15H22IN5O. The smallest absolute Gasteiger partial charge is 0.193 e. The summed E-state index contributed by atoms with van der Waals surface area (Å²) in [4.78, 5) is 8.33. The normalized spacial score (nSPS) is 11.0. The second-order valence-corrected chi connectivity index (χ2v) is 4.64. The summed E-state index contributed by atoms with van der Waals surface area (Å²) >= 11 is 0. The summed E-state index contributed by atoms with van der Waals surface area (Å²) < 4.78 is 7.18. The van der Waals surface area contributed by atoms with E-state index in [2.05, 4.69) is 15.3 Å². The highest BCUT2D eigenvalue weighted by molar-refractivity contribution is 14.0. The average Bonchev–Trinajstić information content (AvgIpc) is 2.99. The minimum Gasteiger partial charge on any atom is -0.380 e. The van der Waals surface area contributed by atoms with Crippen LogP contribution in [0.3, 0.4) is 0 Å². The van der Waals surface area contributed by atoms with Gasteiger partial charge in [0.1, 0.15) is 0 Å². The lowest BCUT2D eigenvalue weighted by Crippen LogP contribution is -2.23. The molecule has 0 saturated carbocycles. The van der Waals surface area contributed by atoms with Crippen molar-refractivity contribution in [1.29, 1.82) is 0 Å². The van der Waals surface area contributed by atoms with Gasteiger partial charge in [0, 0.05) is 43.8 Å². The van der Waals surface area contributed by atoms with Crippen LogP contribution < -0.4 is 11.1 Å². The molecule has 7 heteroatoms. The van der Waals surface area contributed by atoms with E-state index in [1.54, 1.807) is 19.6 Å².